The second kappa shape index (κ2) is 6.91. The molecule has 1 aromatic carbocycles. The minimum absolute atomic E-state index is 0.0348. The number of aromatic nitrogens is 3. The molecule has 0 amide bonds. The Bertz CT molecular complexity index is 725. The molecule has 0 bridgehead atoms. The van der Waals surface area contributed by atoms with E-state index in [2.05, 4.69) is 15.4 Å². The van der Waals surface area contributed by atoms with E-state index in [1.807, 2.05) is 35.7 Å². The van der Waals surface area contributed by atoms with Crippen LogP contribution in [0.2, 0.25) is 5.02 Å². The van der Waals surface area contributed by atoms with Crippen LogP contribution in [-0.4, -0.2) is 26.5 Å². The first kappa shape index (κ1) is 15.0. The second-order valence-corrected chi connectivity index (χ2v) is 5.86. The van der Waals surface area contributed by atoms with Gasteiger partial charge in [-0.05, 0) is 12.1 Å². The number of thiazole rings is 1. The van der Waals surface area contributed by atoms with Gasteiger partial charge in [0.25, 0.3) is 0 Å². The van der Waals surface area contributed by atoms with E-state index < -0.39 is 0 Å². The van der Waals surface area contributed by atoms with E-state index in [-0.39, 0.29) is 6.61 Å². The van der Waals surface area contributed by atoms with Crippen LogP contribution >= 0.6 is 22.9 Å². The predicted molar refractivity (Wildman–Crippen MR) is 89.2 cm³/mol. The highest BCUT2D eigenvalue weighted by Crippen LogP contribution is 2.24. The fourth-order valence-electron chi connectivity index (χ4n) is 2.09. The molecule has 3 aromatic rings. The molecule has 7 heteroatoms. The number of hydrogen-bond donors (Lipinski definition) is 2. The molecule has 0 saturated carbocycles. The van der Waals surface area contributed by atoms with E-state index in [0.717, 1.165) is 22.8 Å². The summed E-state index contributed by atoms with van der Waals surface area (Å²) in [7, 11) is 0. The zero-order valence-electron chi connectivity index (χ0n) is 11.7. The zero-order chi connectivity index (χ0) is 15.4. The maximum absolute atomic E-state index is 9.20. The van der Waals surface area contributed by atoms with Crippen LogP contribution in [-0.2, 0) is 13.1 Å². The Labute approximate surface area is 137 Å². The van der Waals surface area contributed by atoms with Crippen LogP contribution in [0.25, 0.3) is 11.3 Å². The van der Waals surface area contributed by atoms with Crippen LogP contribution in [0.5, 0.6) is 0 Å². The lowest BCUT2D eigenvalue weighted by Crippen LogP contribution is -2.10. The molecule has 0 aliphatic carbocycles. The third-order valence-electron chi connectivity index (χ3n) is 3.17. The van der Waals surface area contributed by atoms with Gasteiger partial charge in [0.2, 0.25) is 0 Å². The molecule has 5 nitrogen and oxygen atoms in total. The van der Waals surface area contributed by atoms with Gasteiger partial charge in [-0.25, -0.2) is 9.67 Å². The maximum atomic E-state index is 9.20. The highest BCUT2D eigenvalue weighted by Gasteiger charge is 2.09. The van der Waals surface area contributed by atoms with Gasteiger partial charge in [0.15, 0.2) is 0 Å². The van der Waals surface area contributed by atoms with Gasteiger partial charge >= 0.3 is 0 Å². The SMILES string of the molecule is OCCn1nc(-c2ccc(Cl)cc2)cc1NCc1cscn1. The van der Waals surface area contributed by atoms with Gasteiger partial charge in [-0.2, -0.15) is 5.10 Å². The van der Waals surface area contributed by atoms with Gasteiger partial charge in [0.1, 0.15) is 5.82 Å². The molecule has 3 rings (SSSR count). The molecule has 0 atom stereocenters. The van der Waals surface area contributed by atoms with Crippen molar-refractivity contribution < 1.29 is 5.11 Å². The number of hydrogen-bond acceptors (Lipinski definition) is 5. The number of aliphatic hydroxyl groups is 1. The second-order valence-electron chi connectivity index (χ2n) is 4.70. The van der Waals surface area contributed by atoms with Gasteiger partial charge in [-0.15, -0.1) is 11.3 Å². The van der Waals surface area contributed by atoms with E-state index in [1.54, 1.807) is 21.5 Å². The van der Waals surface area contributed by atoms with E-state index in [1.165, 1.54) is 0 Å². The molecule has 0 unspecified atom stereocenters. The summed E-state index contributed by atoms with van der Waals surface area (Å²) < 4.78 is 1.76. The molecule has 114 valence electrons. The average molecular weight is 335 g/mol. The Morgan fingerprint density at radius 1 is 1.27 bits per heavy atom. The number of nitrogens with zero attached hydrogens (tertiary/aromatic N) is 3. The Kier molecular flexibility index (Phi) is 4.72. The lowest BCUT2D eigenvalue weighted by molar-refractivity contribution is 0.270. The molecular weight excluding hydrogens is 320 g/mol. The highest BCUT2D eigenvalue weighted by molar-refractivity contribution is 7.07. The lowest BCUT2D eigenvalue weighted by atomic mass is 10.1. The van der Waals surface area contributed by atoms with Crippen molar-refractivity contribution in [3.05, 3.63) is 51.9 Å². The molecule has 0 saturated heterocycles. The van der Waals surface area contributed by atoms with Crippen molar-refractivity contribution in [2.24, 2.45) is 0 Å². The summed E-state index contributed by atoms with van der Waals surface area (Å²) in [4.78, 5) is 4.24. The van der Waals surface area contributed by atoms with E-state index in [9.17, 15) is 5.11 Å². The molecule has 0 aliphatic heterocycles. The van der Waals surface area contributed by atoms with Crippen LogP contribution < -0.4 is 5.32 Å². The minimum atomic E-state index is 0.0348. The average Bonchev–Trinajstić information content (AvgIpc) is 3.16. The third kappa shape index (κ3) is 3.47. The third-order valence-corrected chi connectivity index (χ3v) is 4.05. The molecule has 2 heterocycles. The molecule has 0 spiro atoms. The first-order chi connectivity index (χ1) is 10.8. The Morgan fingerprint density at radius 3 is 2.77 bits per heavy atom. The monoisotopic (exact) mass is 334 g/mol. The summed E-state index contributed by atoms with van der Waals surface area (Å²) in [5.74, 6) is 0.854. The Hall–Kier alpha value is -1.89. The molecular formula is C15H15ClN4OS. The summed E-state index contributed by atoms with van der Waals surface area (Å²) in [5, 5.41) is 19.7. The van der Waals surface area contributed by atoms with Gasteiger partial charge in [0, 0.05) is 22.0 Å². The summed E-state index contributed by atoms with van der Waals surface area (Å²) >= 11 is 7.48. The Morgan fingerprint density at radius 2 is 2.09 bits per heavy atom. The lowest BCUT2D eigenvalue weighted by Gasteiger charge is -2.06. The van der Waals surface area contributed by atoms with Crippen LogP contribution in [0.4, 0.5) is 5.82 Å². The largest absolute Gasteiger partial charge is 0.394 e. The van der Waals surface area contributed by atoms with Crippen molar-refractivity contribution in [2.75, 3.05) is 11.9 Å². The van der Waals surface area contributed by atoms with Crippen molar-refractivity contribution in [2.45, 2.75) is 13.1 Å². The summed E-state index contributed by atoms with van der Waals surface area (Å²) in [5.41, 5.74) is 4.61. The molecule has 0 radical (unpaired) electrons. The van der Waals surface area contributed by atoms with Crippen LogP contribution in [0.1, 0.15) is 5.69 Å². The number of aliphatic hydroxyl groups excluding tert-OH is 1. The minimum Gasteiger partial charge on any atom is -0.394 e. The normalized spacial score (nSPS) is 10.8. The fourth-order valence-corrected chi connectivity index (χ4v) is 2.78. The van der Waals surface area contributed by atoms with Crippen LogP contribution in [0.15, 0.2) is 41.2 Å². The van der Waals surface area contributed by atoms with Gasteiger partial charge in [-0.1, -0.05) is 23.7 Å². The number of rotatable bonds is 6. The van der Waals surface area contributed by atoms with Gasteiger partial charge < -0.3 is 10.4 Å². The topological polar surface area (TPSA) is 63.0 Å². The van der Waals surface area contributed by atoms with Gasteiger partial charge in [-0.3, -0.25) is 0 Å². The number of nitrogens with one attached hydrogen (secondary N) is 1. The van der Waals surface area contributed by atoms with Crippen LogP contribution in [0.3, 0.4) is 0 Å². The molecule has 0 fully saturated rings. The zero-order valence-corrected chi connectivity index (χ0v) is 13.3. The number of benzene rings is 1. The van der Waals surface area contributed by atoms with E-state index >= 15 is 0 Å². The smallest absolute Gasteiger partial charge is 0.125 e. The van der Waals surface area contributed by atoms with Gasteiger partial charge in [0.05, 0.1) is 36.6 Å². The molecule has 22 heavy (non-hydrogen) atoms. The van der Waals surface area contributed by atoms with Crippen molar-refractivity contribution >= 4 is 28.8 Å². The van der Waals surface area contributed by atoms with E-state index in [0.29, 0.717) is 18.1 Å². The van der Waals surface area contributed by atoms with Crippen molar-refractivity contribution in [3.63, 3.8) is 0 Å². The first-order valence-electron chi connectivity index (χ1n) is 6.82. The quantitative estimate of drug-likeness (QED) is 0.726. The number of halogens is 1. The van der Waals surface area contributed by atoms with Crippen molar-refractivity contribution in [3.8, 4) is 11.3 Å². The summed E-state index contributed by atoms with van der Waals surface area (Å²) in [6, 6.07) is 9.50. The molecule has 0 aliphatic rings. The van der Waals surface area contributed by atoms with Crippen LogP contribution in [0, 0.1) is 0 Å². The summed E-state index contributed by atoms with van der Waals surface area (Å²) in [6.45, 7) is 1.10. The highest BCUT2D eigenvalue weighted by atomic mass is 35.5. The Balaban J connectivity index is 1.83. The summed E-state index contributed by atoms with van der Waals surface area (Å²) in [6.07, 6.45) is 0. The predicted octanol–water partition coefficient (Wildman–Crippen LogP) is 3.26. The number of anilines is 1. The van der Waals surface area contributed by atoms with E-state index in [4.69, 9.17) is 11.6 Å². The first-order valence-corrected chi connectivity index (χ1v) is 8.14. The molecule has 2 aromatic heterocycles. The van der Waals surface area contributed by atoms with Crippen molar-refractivity contribution in [1.82, 2.24) is 14.8 Å². The van der Waals surface area contributed by atoms with Crippen molar-refractivity contribution in [1.29, 1.82) is 0 Å². The fraction of sp³-hybridized carbons (Fsp3) is 0.200. The molecule has 2 N–H and O–H groups in total. The maximum Gasteiger partial charge on any atom is 0.125 e. The standard InChI is InChI=1S/C15H15ClN4OS/c16-12-3-1-11(2-4-12)14-7-15(20(19-14)5-6-21)17-8-13-9-22-10-18-13/h1-4,7,9-10,17,21H,5-6,8H2.